The number of thiazole rings is 1. The molecule has 0 aliphatic carbocycles. The standard InChI is InChI=1S/C17H19N5O4S2/c1-4-21-12(3)19-22(17(21)24)9-15(23)20-28(25,26)14-7-5-6-13(8-14)16-18-11(2)10-27-16/h5-8,10H,4,9H2,1-3H3,(H,20,23). The van der Waals surface area contributed by atoms with Crippen molar-refractivity contribution in [1.29, 1.82) is 0 Å². The van der Waals surface area contributed by atoms with Gasteiger partial charge in [-0.15, -0.1) is 11.3 Å². The zero-order valence-corrected chi connectivity index (χ0v) is 17.2. The van der Waals surface area contributed by atoms with Crippen molar-refractivity contribution in [3.8, 4) is 10.6 Å². The number of aromatic nitrogens is 4. The van der Waals surface area contributed by atoms with E-state index in [1.54, 1.807) is 26.0 Å². The average Bonchev–Trinajstić information content (AvgIpc) is 3.18. The highest BCUT2D eigenvalue weighted by Crippen LogP contribution is 2.25. The second kappa shape index (κ2) is 7.68. The Hall–Kier alpha value is -2.79. The lowest BCUT2D eigenvalue weighted by Crippen LogP contribution is -2.36. The molecule has 1 aromatic carbocycles. The van der Waals surface area contributed by atoms with Crippen molar-refractivity contribution in [3.05, 3.63) is 51.6 Å². The highest BCUT2D eigenvalue weighted by atomic mass is 32.2. The number of aryl methyl sites for hydroxylation is 2. The van der Waals surface area contributed by atoms with E-state index in [1.807, 2.05) is 17.0 Å². The number of nitrogens with zero attached hydrogens (tertiary/aromatic N) is 4. The summed E-state index contributed by atoms with van der Waals surface area (Å²) in [7, 11) is -4.10. The number of sulfonamides is 1. The van der Waals surface area contributed by atoms with Gasteiger partial charge in [0.1, 0.15) is 17.4 Å². The zero-order valence-electron chi connectivity index (χ0n) is 15.5. The zero-order chi connectivity index (χ0) is 20.5. The van der Waals surface area contributed by atoms with E-state index in [4.69, 9.17) is 0 Å². The second-order valence-electron chi connectivity index (χ2n) is 6.08. The lowest BCUT2D eigenvalue weighted by Gasteiger charge is -2.08. The van der Waals surface area contributed by atoms with Gasteiger partial charge in [-0.1, -0.05) is 12.1 Å². The van der Waals surface area contributed by atoms with E-state index in [0.717, 1.165) is 10.4 Å². The highest BCUT2D eigenvalue weighted by Gasteiger charge is 2.20. The molecule has 0 fully saturated rings. The first kappa shape index (κ1) is 20.0. The van der Waals surface area contributed by atoms with Gasteiger partial charge in [-0.3, -0.25) is 9.36 Å². The number of benzene rings is 1. The van der Waals surface area contributed by atoms with Crippen LogP contribution in [0.1, 0.15) is 18.4 Å². The minimum Gasteiger partial charge on any atom is -0.279 e. The lowest BCUT2D eigenvalue weighted by molar-refractivity contribution is -0.120. The Labute approximate surface area is 165 Å². The Morgan fingerprint density at radius 2 is 2.04 bits per heavy atom. The molecule has 3 rings (SSSR count). The molecule has 1 N–H and O–H groups in total. The van der Waals surface area contributed by atoms with Crippen LogP contribution in [0.15, 0.2) is 39.3 Å². The molecule has 2 heterocycles. The van der Waals surface area contributed by atoms with E-state index in [-0.39, 0.29) is 4.90 Å². The molecular formula is C17H19N5O4S2. The van der Waals surface area contributed by atoms with E-state index < -0.39 is 28.2 Å². The van der Waals surface area contributed by atoms with Crippen LogP contribution < -0.4 is 10.4 Å². The van der Waals surface area contributed by atoms with Gasteiger partial charge in [-0.25, -0.2) is 27.6 Å². The molecule has 0 radical (unpaired) electrons. The van der Waals surface area contributed by atoms with E-state index in [9.17, 15) is 18.0 Å². The first-order valence-electron chi connectivity index (χ1n) is 8.43. The molecule has 3 aromatic rings. The molecule has 0 saturated carbocycles. The molecule has 0 bridgehead atoms. The van der Waals surface area contributed by atoms with Gasteiger partial charge < -0.3 is 0 Å². The van der Waals surface area contributed by atoms with Crippen LogP contribution in [0.25, 0.3) is 10.6 Å². The van der Waals surface area contributed by atoms with Crippen molar-refractivity contribution in [2.24, 2.45) is 0 Å². The molecule has 1 amide bonds. The molecule has 9 nitrogen and oxygen atoms in total. The lowest BCUT2D eigenvalue weighted by atomic mass is 10.2. The Balaban J connectivity index is 1.80. The van der Waals surface area contributed by atoms with Gasteiger partial charge in [0.25, 0.3) is 15.9 Å². The first-order valence-corrected chi connectivity index (χ1v) is 10.8. The quantitative estimate of drug-likeness (QED) is 0.642. The van der Waals surface area contributed by atoms with Crippen LogP contribution in [-0.2, 0) is 27.9 Å². The van der Waals surface area contributed by atoms with Gasteiger partial charge in [-0.05, 0) is 32.9 Å². The predicted molar refractivity (Wildman–Crippen MR) is 105 cm³/mol. The number of carbonyl (C=O) groups excluding carboxylic acids is 1. The minimum absolute atomic E-state index is 0.0613. The van der Waals surface area contributed by atoms with Gasteiger partial charge in [0.2, 0.25) is 0 Å². The maximum Gasteiger partial charge on any atom is 0.346 e. The van der Waals surface area contributed by atoms with Gasteiger partial charge in [-0.2, -0.15) is 5.10 Å². The number of hydrogen-bond acceptors (Lipinski definition) is 7. The molecule has 0 saturated heterocycles. The summed E-state index contributed by atoms with van der Waals surface area (Å²) in [5, 5.41) is 6.54. The fourth-order valence-electron chi connectivity index (χ4n) is 2.68. The summed E-state index contributed by atoms with van der Waals surface area (Å²) in [6.45, 7) is 5.19. The van der Waals surface area contributed by atoms with Gasteiger partial charge >= 0.3 is 5.69 Å². The van der Waals surface area contributed by atoms with E-state index in [2.05, 4.69) is 10.1 Å². The van der Waals surface area contributed by atoms with Crippen LogP contribution in [-0.4, -0.2) is 33.7 Å². The number of carbonyl (C=O) groups is 1. The monoisotopic (exact) mass is 421 g/mol. The summed E-state index contributed by atoms with van der Waals surface area (Å²) in [5.74, 6) is -0.395. The summed E-state index contributed by atoms with van der Waals surface area (Å²) >= 11 is 1.40. The topological polar surface area (TPSA) is 116 Å². The first-order chi connectivity index (χ1) is 13.2. The van der Waals surface area contributed by atoms with Crippen LogP contribution >= 0.6 is 11.3 Å². The summed E-state index contributed by atoms with van der Waals surface area (Å²) < 4.78 is 29.5. The molecule has 148 valence electrons. The second-order valence-corrected chi connectivity index (χ2v) is 8.62. The Kier molecular flexibility index (Phi) is 5.47. The molecule has 11 heteroatoms. The fraction of sp³-hybridized carbons (Fsp3) is 0.294. The molecule has 2 aromatic heterocycles. The number of hydrogen-bond donors (Lipinski definition) is 1. The van der Waals surface area contributed by atoms with Gasteiger partial charge in [0, 0.05) is 23.2 Å². The summed E-state index contributed by atoms with van der Waals surface area (Å²) in [6, 6.07) is 6.18. The van der Waals surface area contributed by atoms with E-state index >= 15 is 0 Å². The van der Waals surface area contributed by atoms with E-state index in [0.29, 0.717) is 22.9 Å². The molecular weight excluding hydrogens is 402 g/mol. The smallest absolute Gasteiger partial charge is 0.279 e. The van der Waals surface area contributed by atoms with Gasteiger partial charge in [0.05, 0.1) is 4.90 Å². The Morgan fingerprint density at radius 1 is 1.29 bits per heavy atom. The molecule has 0 spiro atoms. The maximum atomic E-state index is 12.6. The van der Waals surface area contributed by atoms with Crippen LogP contribution in [0, 0.1) is 13.8 Å². The fourth-order valence-corrected chi connectivity index (χ4v) is 4.49. The minimum atomic E-state index is -4.10. The van der Waals surface area contributed by atoms with Crippen LogP contribution in [0.3, 0.4) is 0 Å². The molecule has 0 unspecified atom stereocenters. The predicted octanol–water partition coefficient (Wildman–Crippen LogP) is 1.31. The van der Waals surface area contributed by atoms with E-state index in [1.165, 1.54) is 28.0 Å². The summed E-state index contributed by atoms with van der Waals surface area (Å²) in [4.78, 5) is 28.6. The molecule has 0 aliphatic heterocycles. The van der Waals surface area contributed by atoms with Crippen LogP contribution in [0.4, 0.5) is 0 Å². The third-order valence-corrected chi connectivity index (χ3v) is 6.36. The third-order valence-electron chi connectivity index (χ3n) is 3.98. The van der Waals surface area contributed by atoms with Crippen molar-refractivity contribution in [2.75, 3.05) is 0 Å². The Bertz CT molecular complexity index is 1190. The van der Waals surface area contributed by atoms with Crippen molar-refractivity contribution >= 4 is 27.3 Å². The van der Waals surface area contributed by atoms with Crippen LogP contribution in [0.2, 0.25) is 0 Å². The number of amides is 1. The normalized spacial score (nSPS) is 11.5. The molecule has 28 heavy (non-hydrogen) atoms. The molecule has 0 atom stereocenters. The average molecular weight is 422 g/mol. The summed E-state index contributed by atoms with van der Waals surface area (Å²) in [6.07, 6.45) is 0. The van der Waals surface area contributed by atoms with Gasteiger partial charge in [0.15, 0.2) is 0 Å². The largest absolute Gasteiger partial charge is 0.346 e. The Morgan fingerprint density at radius 3 is 2.64 bits per heavy atom. The van der Waals surface area contributed by atoms with Crippen molar-refractivity contribution in [1.82, 2.24) is 24.1 Å². The third kappa shape index (κ3) is 4.04. The highest BCUT2D eigenvalue weighted by molar-refractivity contribution is 7.90. The SMILES string of the molecule is CCn1c(C)nn(CC(=O)NS(=O)(=O)c2cccc(-c3nc(C)cs3)c2)c1=O. The number of nitrogens with one attached hydrogen (secondary N) is 1. The summed E-state index contributed by atoms with van der Waals surface area (Å²) in [5.41, 5.74) is 1.02. The maximum absolute atomic E-state index is 12.6. The van der Waals surface area contributed by atoms with Crippen molar-refractivity contribution < 1.29 is 13.2 Å². The van der Waals surface area contributed by atoms with Crippen molar-refractivity contribution in [3.63, 3.8) is 0 Å². The van der Waals surface area contributed by atoms with Crippen LogP contribution in [0.5, 0.6) is 0 Å². The van der Waals surface area contributed by atoms with Crippen molar-refractivity contribution in [2.45, 2.75) is 38.8 Å². The number of rotatable bonds is 6. The molecule has 0 aliphatic rings.